The highest BCUT2D eigenvalue weighted by atomic mass is 19.4. The molecule has 1 amide bonds. The molecule has 144 valence electrons. The molecule has 1 aromatic heterocycles. The molecule has 0 unspecified atom stereocenters. The van der Waals surface area contributed by atoms with Crippen molar-refractivity contribution in [3.63, 3.8) is 0 Å². The van der Waals surface area contributed by atoms with Crippen molar-refractivity contribution in [3.05, 3.63) is 89.5 Å². The van der Waals surface area contributed by atoms with Crippen molar-refractivity contribution in [3.8, 4) is 0 Å². The van der Waals surface area contributed by atoms with Gasteiger partial charge in [-0.25, -0.2) is 4.39 Å². The molecule has 3 rings (SSSR count). The number of halogens is 4. The fraction of sp³-hybridized carbons (Fsp3) is 0.100. The van der Waals surface area contributed by atoms with E-state index in [1.807, 2.05) is 0 Å². The standard InChI is InChI=1S/C20H15F4N3O/c21-16-5-1-13(2-6-16)10-26-18-9-14(11-25-12-18)19(28)27-17-7-3-15(4-8-17)20(22,23)24/h1-9,11-12,26H,10H2,(H,27,28). The number of anilines is 2. The number of pyridine rings is 1. The number of carbonyl (C=O) groups is 1. The molecule has 0 aliphatic rings. The number of hydrogen-bond acceptors (Lipinski definition) is 3. The van der Waals surface area contributed by atoms with Gasteiger partial charge in [0.05, 0.1) is 16.8 Å². The van der Waals surface area contributed by atoms with Gasteiger partial charge in [-0.1, -0.05) is 12.1 Å². The molecule has 2 aromatic carbocycles. The summed E-state index contributed by atoms with van der Waals surface area (Å²) in [5.74, 6) is -0.829. The Hall–Kier alpha value is -3.42. The van der Waals surface area contributed by atoms with E-state index < -0.39 is 17.6 Å². The van der Waals surface area contributed by atoms with E-state index in [1.54, 1.807) is 18.2 Å². The van der Waals surface area contributed by atoms with Crippen LogP contribution in [0.5, 0.6) is 0 Å². The molecule has 0 aliphatic heterocycles. The van der Waals surface area contributed by atoms with Gasteiger partial charge in [-0.05, 0) is 48.0 Å². The molecule has 4 nitrogen and oxygen atoms in total. The van der Waals surface area contributed by atoms with Gasteiger partial charge in [0.2, 0.25) is 0 Å². The number of benzene rings is 2. The summed E-state index contributed by atoms with van der Waals surface area (Å²) in [4.78, 5) is 16.3. The molecule has 0 aliphatic carbocycles. The molecular formula is C20H15F4N3O. The molecule has 28 heavy (non-hydrogen) atoms. The van der Waals surface area contributed by atoms with Gasteiger partial charge < -0.3 is 10.6 Å². The lowest BCUT2D eigenvalue weighted by Crippen LogP contribution is -2.13. The summed E-state index contributed by atoms with van der Waals surface area (Å²) in [6.07, 6.45) is -1.56. The molecule has 0 saturated carbocycles. The summed E-state index contributed by atoms with van der Waals surface area (Å²) in [5.41, 5.74) is 1.11. The van der Waals surface area contributed by atoms with Crippen molar-refractivity contribution < 1.29 is 22.4 Å². The van der Waals surface area contributed by atoms with Gasteiger partial charge in [-0.3, -0.25) is 9.78 Å². The maximum atomic E-state index is 12.9. The third-order valence-electron chi connectivity index (χ3n) is 3.88. The van der Waals surface area contributed by atoms with Crippen molar-refractivity contribution in [1.29, 1.82) is 0 Å². The van der Waals surface area contributed by atoms with E-state index in [4.69, 9.17) is 0 Å². The molecule has 0 bridgehead atoms. The van der Waals surface area contributed by atoms with E-state index in [1.165, 1.54) is 36.7 Å². The summed E-state index contributed by atoms with van der Waals surface area (Å²) < 4.78 is 50.7. The van der Waals surface area contributed by atoms with Gasteiger partial charge in [0.25, 0.3) is 5.91 Å². The zero-order chi connectivity index (χ0) is 20.1. The predicted octanol–water partition coefficient (Wildman–Crippen LogP) is 5.10. The Kier molecular flexibility index (Phi) is 5.58. The molecule has 3 aromatic rings. The number of carbonyl (C=O) groups excluding carboxylic acids is 1. The number of nitrogens with one attached hydrogen (secondary N) is 2. The Bertz CT molecular complexity index is 954. The lowest BCUT2D eigenvalue weighted by atomic mass is 10.2. The highest BCUT2D eigenvalue weighted by Gasteiger charge is 2.30. The van der Waals surface area contributed by atoms with Crippen LogP contribution in [0.15, 0.2) is 67.0 Å². The topological polar surface area (TPSA) is 54.0 Å². The van der Waals surface area contributed by atoms with Crippen LogP contribution in [0.2, 0.25) is 0 Å². The van der Waals surface area contributed by atoms with E-state index in [0.717, 1.165) is 17.7 Å². The molecule has 2 N–H and O–H groups in total. The zero-order valence-electron chi connectivity index (χ0n) is 14.4. The SMILES string of the molecule is O=C(Nc1ccc(C(F)(F)F)cc1)c1cncc(NCc2ccc(F)cc2)c1. The third kappa shape index (κ3) is 5.06. The molecule has 8 heteroatoms. The zero-order valence-corrected chi connectivity index (χ0v) is 14.4. The first kappa shape index (κ1) is 19.3. The van der Waals surface area contributed by atoms with E-state index in [2.05, 4.69) is 15.6 Å². The minimum Gasteiger partial charge on any atom is -0.380 e. The molecule has 0 atom stereocenters. The average Bonchev–Trinajstić information content (AvgIpc) is 2.67. The summed E-state index contributed by atoms with van der Waals surface area (Å²) in [6.45, 7) is 0.409. The fourth-order valence-electron chi connectivity index (χ4n) is 2.41. The maximum absolute atomic E-state index is 12.9. The van der Waals surface area contributed by atoms with Gasteiger partial charge in [-0.2, -0.15) is 13.2 Å². The van der Waals surface area contributed by atoms with Crippen LogP contribution in [0.4, 0.5) is 28.9 Å². The van der Waals surface area contributed by atoms with Gasteiger partial charge in [0, 0.05) is 24.6 Å². The Morgan fingerprint density at radius 1 is 0.929 bits per heavy atom. The minimum absolute atomic E-state index is 0.239. The van der Waals surface area contributed by atoms with Crippen molar-refractivity contribution in [2.45, 2.75) is 12.7 Å². The van der Waals surface area contributed by atoms with Gasteiger partial charge >= 0.3 is 6.18 Å². The van der Waals surface area contributed by atoms with Crippen molar-refractivity contribution >= 4 is 17.3 Å². The minimum atomic E-state index is -4.43. The van der Waals surface area contributed by atoms with E-state index in [9.17, 15) is 22.4 Å². The lowest BCUT2D eigenvalue weighted by molar-refractivity contribution is -0.137. The summed E-state index contributed by atoms with van der Waals surface area (Å²) in [6, 6.07) is 11.7. The van der Waals surface area contributed by atoms with Crippen LogP contribution < -0.4 is 10.6 Å². The first-order valence-electron chi connectivity index (χ1n) is 8.23. The summed E-state index contributed by atoms with van der Waals surface area (Å²) >= 11 is 0. The van der Waals surface area contributed by atoms with Crippen LogP contribution in [-0.2, 0) is 12.7 Å². The van der Waals surface area contributed by atoms with Crippen LogP contribution in [0.1, 0.15) is 21.5 Å². The predicted molar refractivity (Wildman–Crippen MR) is 97.4 cm³/mol. The Morgan fingerprint density at radius 2 is 1.61 bits per heavy atom. The number of hydrogen-bond donors (Lipinski definition) is 2. The summed E-state index contributed by atoms with van der Waals surface area (Å²) in [7, 11) is 0. The number of aromatic nitrogens is 1. The second-order valence-corrected chi connectivity index (χ2v) is 5.97. The van der Waals surface area contributed by atoms with Crippen LogP contribution in [0.25, 0.3) is 0 Å². The number of rotatable bonds is 5. The maximum Gasteiger partial charge on any atom is 0.416 e. The molecule has 0 spiro atoms. The second kappa shape index (κ2) is 8.08. The van der Waals surface area contributed by atoms with E-state index in [0.29, 0.717) is 12.2 Å². The normalized spacial score (nSPS) is 11.1. The molecule has 0 saturated heterocycles. The Balaban J connectivity index is 1.64. The molecule has 0 radical (unpaired) electrons. The van der Waals surface area contributed by atoms with Crippen LogP contribution >= 0.6 is 0 Å². The Labute approximate surface area is 158 Å². The highest BCUT2D eigenvalue weighted by molar-refractivity contribution is 6.04. The first-order chi connectivity index (χ1) is 13.3. The third-order valence-corrected chi connectivity index (χ3v) is 3.88. The number of nitrogens with zero attached hydrogens (tertiary/aromatic N) is 1. The van der Waals surface area contributed by atoms with Crippen molar-refractivity contribution in [1.82, 2.24) is 4.98 Å². The average molecular weight is 389 g/mol. The second-order valence-electron chi connectivity index (χ2n) is 5.97. The van der Waals surface area contributed by atoms with Crippen LogP contribution in [-0.4, -0.2) is 10.9 Å². The van der Waals surface area contributed by atoms with Gasteiger partial charge in [0.15, 0.2) is 0 Å². The van der Waals surface area contributed by atoms with E-state index in [-0.39, 0.29) is 17.1 Å². The molecule has 1 heterocycles. The first-order valence-corrected chi connectivity index (χ1v) is 8.23. The van der Waals surface area contributed by atoms with Crippen LogP contribution in [0.3, 0.4) is 0 Å². The monoisotopic (exact) mass is 389 g/mol. The fourth-order valence-corrected chi connectivity index (χ4v) is 2.41. The van der Waals surface area contributed by atoms with E-state index >= 15 is 0 Å². The smallest absolute Gasteiger partial charge is 0.380 e. The summed E-state index contributed by atoms with van der Waals surface area (Å²) in [5, 5.41) is 5.60. The highest BCUT2D eigenvalue weighted by Crippen LogP contribution is 2.29. The lowest BCUT2D eigenvalue weighted by Gasteiger charge is -2.10. The van der Waals surface area contributed by atoms with Crippen LogP contribution in [0, 0.1) is 5.82 Å². The Morgan fingerprint density at radius 3 is 2.25 bits per heavy atom. The largest absolute Gasteiger partial charge is 0.416 e. The van der Waals surface area contributed by atoms with Crippen molar-refractivity contribution in [2.75, 3.05) is 10.6 Å². The molecular weight excluding hydrogens is 374 g/mol. The quantitative estimate of drug-likeness (QED) is 0.597. The molecule has 0 fully saturated rings. The number of alkyl halides is 3. The van der Waals surface area contributed by atoms with Gasteiger partial charge in [-0.15, -0.1) is 0 Å². The van der Waals surface area contributed by atoms with Gasteiger partial charge in [0.1, 0.15) is 5.82 Å². The number of amides is 1. The van der Waals surface area contributed by atoms with Crippen molar-refractivity contribution in [2.24, 2.45) is 0 Å².